The molecule has 1 saturated heterocycles. The molecule has 32 heavy (non-hydrogen) atoms. The van der Waals surface area contributed by atoms with Gasteiger partial charge >= 0.3 is 6.09 Å². The van der Waals surface area contributed by atoms with Crippen molar-refractivity contribution >= 4 is 12.0 Å². The van der Waals surface area contributed by atoms with Crippen LogP contribution in [0.5, 0.6) is 11.5 Å². The molecule has 0 saturated carbocycles. The standard InChI is InChI=1S/C25H32N2O5/c1-3-30-22-13-12-19(17-23(22)31-4-2)14-15-26-24(28)21-11-8-16-27(21)25(29)32-18-20-9-6-5-7-10-20/h5-7,9-10,12-13,17,21H,3-4,8,11,14-16,18H2,1-2H3,(H,26,28)/t21-/m0/s1. The number of rotatable bonds is 10. The van der Waals surface area contributed by atoms with Crippen LogP contribution in [0.2, 0.25) is 0 Å². The van der Waals surface area contributed by atoms with Crippen LogP contribution in [0.3, 0.4) is 0 Å². The van der Waals surface area contributed by atoms with Crippen LogP contribution in [0.4, 0.5) is 4.79 Å². The Balaban J connectivity index is 1.49. The Bertz CT molecular complexity index is 887. The summed E-state index contributed by atoms with van der Waals surface area (Å²) >= 11 is 0. The van der Waals surface area contributed by atoms with Crippen LogP contribution < -0.4 is 14.8 Å². The fourth-order valence-electron chi connectivity index (χ4n) is 3.76. The van der Waals surface area contributed by atoms with Crippen LogP contribution in [0.15, 0.2) is 48.5 Å². The molecule has 172 valence electrons. The molecule has 0 aromatic heterocycles. The summed E-state index contributed by atoms with van der Waals surface area (Å²) in [5, 5.41) is 2.96. The van der Waals surface area contributed by atoms with Crippen LogP contribution in [0, 0.1) is 0 Å². The summed E-state index contributed by atoms with van der Waals surface area (Å²) in [4.78, 5) is 26.8. The topological polar surface area (TPSA) is 77.1 Å². The first-order valence-corrected chi connectivity index (χ1v) is 11.3. The van der Waals surface area contributed by atoms with E-state index in [9.17, 15) is 9.59 Å². The third-order valence-corrected chi connectivity index (χ3v) is 5.32. The highest BCUT2D eigenvalue weighted by Gasteiger charge is 2.34. The van der Waals surface area contributed by atoms with Gasteiger partial charge in [0.25, 0.3) is 0 Å². The fraction of sp³-hybridized carbons (Fsp3) is 0.440. The lowest BCUT2D eigenvalue weighted by atomic mass is 10.1. The first-order valence-electron chi connectivity index (χ1n) is 11.3. The van der Waals surface area contributed by atoms with Gasteiger partial charge in [-0.3, -0.25) is 9.69 Å². The van der Waals surface area contributed by atoms with Crippen molar-refractivity contribution in [1.29, 1.82) is 0 Å². The van der Waals surface area contributed by atoms with Gasteiger partial charge in [-0.25, -0.2) is 4.79 Å². The van der Waals surface area contributed by atoms with Crippen molar-refractivity contribution in [2.24, 2.45) is 0 Å². The molecule has 1 heterocycles. The molecular formula is C25H32N2O5. The molecule has 2 aromatic carbocycles. The Hall–Kier alpha value is -3.22. The van der Waals surface area contributed by atoms with E-state index >= 15 is 0 Å². The molecule has 0 unspecified atom stereocenters. The Morgan fingerprint density at radius 2 is 1.75 bits per heavy atom. The van der Waals surface area contributed by atoms with E-state index in [-0.39, 0.29) is 12.5 Å². The molecule has 1 aliphatic heterocycles. The number of likely N-dealkylation sites (tertiary alicyclic amines) is 1. The fourth-order valence-corrected chi connectivity index (χ4v) is 3.76. The lowest BCUT2D eigenvalue weighted by Crippen LogP contribution is -2.46. The monoisotopic (exact) mass is 440 g/mol. The van der Waals surface area contributed by atoms with Crippen molar-refractivity contribution in [3.8, 4) is 11.5 Å². The highest BCUT2D eigenvalue weighted by Crippen LogP contribution is 2.28. The minimum Gasteiger partial charge on any atom is -0.490 e. The quantitative estimate of drug-likeness (QED) is 0.606. The second-order valence-electron chi connectivity index (χ2n) is 7.58. The predicted molar refractivity (Wildman–Crippen MR) is 122 cm³/mol. The van der Waals surface area contributed by atoms with E-state index in [4.69, 9.17) is 14.2 Å². The minimum absolute atomic E-state index is 0.143. The second-order valence-corrected chi connectivity index (χ2v) is 7.58. The molecular weight excluding hydrogens is 408 g/mol. The first-order chi connectivity index (χ1) is 15.6. The van der Waals surface area contributed by atoms with Gasteiger partial charge in [0, 0.05) is 13.1 Å². The third-order valence-electron chi connectivity index (χ3n) is 5.32. The summed E-state index contributed by atoms with van der Waals surface area (Å²) < 4.78 is 16.7. The molecule has 7 nitrogen and oxygen atoms in total. The maximum Gasteiger partial charge on any atom is 0.410 e. The van der Waals surface area contributed by atoms with E-state index in [2.05, 4.69) is 5.32 Å². The molecule has 3 rings (SSSR count). The second kappa shape index (κ2) is 12.0. The summed E-state index contributed by atoms with van der Waals surface area (Å²) in [5.41, 5.74) is 1.96. The van der Waals surface area contributed by atoms with Gasteiger partial charge in [-0.05, 0) is 56.4 Å². The summed E-state index contributed by atoms with van der Waals surface area (Å²) in [5.74, 6) is 1.29. The van der Waals surface area contributed by atoms with Crippen molar-refractivity contribution < 1.29 is 23.8 Å². The predicted octanol–water partition coefficient (Wildman–Crippen LogP) is 3.94. The number of nitrogens with one attached hydrogen (secondary N) is 1. The smallest absolute Gasteiger partial charge is 0.410 e. The number of benzene rings is 2. The van der Waals surface area contributed by atoms with Gasteiger partial charge in [-0.15, -0.1) is 0 Å². The Kier molecular flexibility index (Phi) is 8.78. The molecule has 0 bridgehead atoms. The van der Waals surface area contributed by atoms with Crippen molar-refractivity contribution in [3.05, 3.63) is 59.7 Å². The van der Waals surface area contributed by atoms with Crippen molar-refractivity contribution in [2.75, 3.05) is 26.3 Å². The maximum absolute atomic E-state index is 12.7. The summed E-state index contributed by atoms with van der Waals surface area (Å²) in [6.45, 7) is 6.19. The molecule has 2 aromatic rings. The zero-order chi connectivity index (χ0) is 22.8. The summed E-state index contributed by atoms with van der Waals surface area (Å²) in [7, 11) is 0. The van der Waals surface area contributed by atoms with Crippen LogP contribution in [0.1, 0.15) is 37.8 Å². The van der Waals surface area contributed by atoms with Crippen molar-refractivity contribution in [3.63, 3.8) is 0 Å². The minimum atomic E-state index is -0.488. The SMILES string of the molecule is CCOc1ccc(CCNC(=O)[C@@H]2CCCN2C(=O)OCc2ccccc2)cc1OCC. The van der Waals surface area contributed by atoms with Crippen LogP contribution in [0.25, 0.3) is 0 Å². The van der Waals surface area contributed by atoms with Gasteiger partial charge < -0.3 is 19.5 Å². The lowest BCUT2D eigenvalue weighted by molar-refractivity contribution is -0.125. The molecule has 0 spiro atoms. The van der Waals surface area contributed by atoms with Crippen LogP contribution in [-0.2, 0) is 22.6 Å². The van der Waals surface area contributed by atoms with Gasteiger partial charge in [0.05, 0.1) is 13.2 Å². The Morgan fingerprint density at radius 1 is 1.00 bits per heavy atom. The van der Waals surface area contributed by atoms with Gasteiger partial charge in [-0.1, -0.05) is 36.4 Å². The molecule has 0 radical (unpaired) electrons. The number of hydrogen-bond acceptors (Lipinski definition) is 5. The highest BCUT2D eigenvalue weighted by molar-refractivity contribution is 5.86. The van der Waals surface area contributed by atoms with Gasteiger partial charge in [0.15, 0.2) is 11.5 Å². The van der Waals surface area contributed by atoms with Crippen LogP contribution in [-0.4, -0.2) is 49.2 Å². The summed E-state index contributed by atoms with van der Waals surface area (Å²) in [6, 6.07) is 14.8. The van der Waals surface area contributed by atoms with Crippen LogP contribution >= 0.6 is 0 Å². The Morgan fingerprint density at radius 3 is 2.50 bits per heavy atom. The first kappa shape index (κ1) is 23.4. The molecule has 7 heteroatoms. The Labute approximate surface area is 189 Å². The molecule has 2 amide bonds. The lowest BCUT2D eigenvalue weighted by Gasteiger charge is -2.23. The molecule has 1 N–H and O–H groups in total. The van der Waals surface area contributed by atoms with Crippen molar-refractivity contribution in [2.45, 2.75) is 45.8 Å². The molecule has 1 aliphatic rings. The number of amides is 2. The molecule has 0 aliphatic carbocycles. The van der Waals surface area contributed by atoms with E-state index in [1.165, 1.54) is 4.90 Å². The highest BCUT2D eigenvalue weighted by atomic mass is 16.6. The maximum atomic E-state index is 12.7. The van der Waals surface area contributed by atoms with Gasteiger partial charge in [-0.2, -0.15) is 0 Å². The average molecular weight is 441 g/mol. The van der Waals surface area contributed by atoms with Crippen molar-refractivity contribution in [1.82, 2.24) is 10.2 Å². The number of hydrogen-bond donors (Lipinski definition) is 1. The van der Waals surface area contributed by atoms with E-state index in [0.29, 0.717) is 44.9 Å². The zero-order valence-electron chi connectivity index (χ0n) is 18.8. The molecule has 1 fully saturated rings. The van der Waals surface area contributed by atoms with Gasteiger partial charge in [0.1, 0.15) is 12.6 Å². The average Bonchev–Trinajstić information content (AvgIpc) is 3.30. The van der Waals surface area contributed by atoms with E-state index in [1.54, 1.807) is 0 Å². The zero-order valence-corrected chi connectivity index (χ0v) is 18.8. The molecule has 1 atom stereocenters. The largest absolute Gasteiger partial charge is 0.490 e. The van der Waals surface area contributed by atoms with E-state index in [0.717, 1.165) is 23.3 Å². The van der Waals surface area contributed by atoms with E-state index in [1.807, 2.05) is 62.4 Å². The number of ether oxygens (including phenoxy) is 3. The number of carbonyl (C=O) groups is 2. The normalized spacial score (nSPS) is 15.3. The third kappa shape index (κ3) is 6.39. The summed E-state index contributed by atoms with van der Waals surface area (Å²) in [6.07, 6.45) is 1.64. The van der Waals surface area contributed by atoms with E-state index < -0.39 is 12.1 Å². The number of carbonyl (C=O) groups excluding carboxylic acids is 2. The van der Waals surface area contributed by atoms with Gasteiger partial charge in [0.2, 0.25) is 5.91 Å². The number of nitrogens with zero attached hydrogens (tertiary/aromatic N) is 1.